The second-order valence-electron chi connectivity index (χ2n) is 6.59. The first kappa shape index (κ1) is 19.3. The van der Waals surface area contributed by atoms with Crippen LogP contribution in [0.4, 0.5) is 5.69 Å². The van der Waals surface area contributed by atoms with E-state index in [1.54, 1.807) is 0 Å². The average molecular weight is 410 g/mol. The van der Waals surface area contributed by atoms with Crippen molar-refractivity contribution in [1.29, 1.82) is 0 Å². The smallest absolute Gasteiger partial charge is 0.240 e. The lowest BCUT2D eigenvalue weighted by atomic mass is 10.0. The van der Waals surface area contributed by atoms with Crippen molar-refractivity contribution in [2.24, 2.45) is 0 Å². The van der Waals surface area contributed by atoms with Gasteiger partial charge in [0.25, 0.3) is 0 Å². The van der Waals surface area contributed by atoms with E-state index >= 15 is 0 Å². The maximum atomic E-state index is 13.2. The Labute approximate surface area is 173 Å². The fourth-order valence-corrected chi connectivity index (χ4v) is 4.35. The van der Waals surface area contributed by atoms with E-state index in [0.717, 1.165) is 29.2 Å². The minimum absolute atomic E-state index is 0.0834. The van der Waals surface area contributed by atoms with Crippen molar-refractivity contribution < 1.29 is 9.53 Å². The number of aryl methyl sites for hydroxylation is 1. The molecule has 2 aromatic carbocycles. The number of carbonyl (C=O) groups excluding carboxylic acids is 1. The molecule has 1 aromatic heterocycles. The van der Waals surface area contributed by atoms with E-state index in [1.165, 1.54) is 11.8 Å². The zero-order valence-corrected chi connectivity index (χ0v) is 17.1. The molecule has 2 atom stereocenters. The third-order valence-electron chi connectivity index (χ3n) is 4.67. The van der Waals surface area contributed by atoms with Gasteiger partial charge in [0.2, 0.25) is 11.1 Å². The van der Waals surface area contributed by atoms with Gasteiger partial charge in [0.1, 0.15) is 11.0 Å². The largest absolute Gasteiger partial charge is 0.494 e. The molecule has 0 saturated heterocycles. The molecule has 1 aliphatic rings. The number of benzene rings is 2. The lowest BCUT2D eigenvalue weighted by molar-refractivity contribution is -0.116. The van der Waals surface area contributed by atoms with Gasteiger partial charge in [0, 0.05) is 12.1 Å². The van der Waals surface area contributed by atoms with Crippen molar-refractivity contribution in [3.63, 3.8) is 0 Å². The maximum absolute atomic E-state index is 13.2. The number of thioether (sulfide) groups is 1. The summed E-state index contributed by atoms with van der Waals surface area (Å²) in [5.74, 6) is 1.56. The summed E-state index contributed by atoms with van der Waals surface area (Å²) >= 11 is 1.42. The number of ether oxygens (including phenoxy) is 1. The predicted molar refractivity (Wildman–Crippen MR) is 114 cm³/mol. The number of hydrogen-bond acceptors (Lipinski definition) is 6. The lowest BCUT2D eigenvalue weighted by Gasteiger charge is -2.33. The normalized spacial score (nSPS) is 17.9. The van der Waals surface area contributed by atoms with Gasteiger partial charge in [-0.3, -0.25) is 4.79 Å². The van der Waals surface area contributed by atoms with Gasteiger partial charge < -0.3 is 15.5 Å². The number of para-hydroxylation sites is 1. The molecule has 0 aliphatic carbocycles. The number of fused-ring (bicyclic) bond motifs is 1. The van der Waals surface area contributed by atoms with E-state index in [2.05, 4.69) is 20.9 Å². The number of anilines is 1. The number of nitrogens with zero attached hydrogens (tertiary/aromatic N) is 3. The summed E-state index contributed by atoms with van der Waals surface area (Å²) in [6.07, 6.45) is 0.747. The van der Waals surface area contributed by atoms with Gasteiger partial charge in [-0.2, -0.15) is 0 Å². The Morgan fingerprint density at radius 2 is 1.90 bits per heavy atom. The van der Waals surface area contributed by atoms with E-state index in [4.69, 9.17) is 4.74 Å². The molecule has 150 valence electrons. The molecule has 2 heterocycles. The Bertz CT molecular complexity index is 974. The van der Waals surface area contributed by atoms with Crippen LogP contribution in [0.3, 0.4) is 0 Å². The molecule has 0 saturated carbocycles. The Morgan fingerprint density at radius 1 is 1.14 bits per heavy atom. The van der Waals surface area contributed by atoms with Crippen LogP contribution < -0.4 is 15.5 Å². The zero-order chi connectivity index (χ0) is 20.2. The summed E-state index contributed by atoms with van der Waals surface area (Å²) in [5, 5.41) is 11.8. The third-order valence-corrected chi connectivity index (χ3v) is 5.89. The first-order valence-corrected chi connectivity index (χ1v) is 10.5. The minimum atomic E-state index is -0.408. The fourth-order valence-electron chi connectivity index (χ4n) is 3.25. The SMILES string of the molecule is CCOc1ccc([C@H]2Nn3c(CC)nnc3S[C@@H]2C(=O)Nc2ccccc2)cc1. The van der Waals surface area contributed by atoms with Gasteiger partial charge in [-0.15, -0.1) is 10.2 Å². The van der Waals surface area contributed by atoms with Gasteiger partial charge in [-0.25, -0.2) is 4.68 Å². The molecule has 7 nitrogen and oxygen atoms in total. The van der Waals surface area contributed by atoms with Gasteiger partial charge in [0.15, 0.2) is 5.82 Å². The van der Waals surface area contributed by atoms with Crippen LogP contribution in [-0.4, -0.2) is 32.6 Å². The molecule has 0 unspecified atom stereocenters. The fraction of sp³-hybridized carbons (Fsp3) is 0.286. The second kappa shape index (κ2) is 8.57. The Morgan fingerprint density at radius 3 is 2.59 bits per heavy atom. The summed E-state index contributed by atoms with van der Waals surface area (Å²) in [6.45, 7) is 4.60. The van der Waals surface area contributed by atoms with Gasteiger partial charge in [0.05, 0.1) is 12.6 Å². The molecule has 1 aliphatic heterocycles. The van der Waals surface area contributed by atoms with Crippen molar-refractivity contribution >= 4 is 23.4 Å². The van der Waals surface area contributed by atoms with E-state index in [-0.39, 0.29) is 11.9 Å². The van der Waals surface area contributed by atoms with Gasteiger partial charge in [-0.1, -0.05) is 49.0 Å². The van der Waals surface area contributed by atoms with Crippen molar-refractivity contribution in [2.75, 3.05) is 17.3 Å². The molecule has 0 spiro atoms. The van der Waals surface area contributed by atoms with Crippen LogP contribution in [0, 0.1) is 0 Å². The molecule has 4 rings (SSSR count). The Kier molecular flexibility index (Phi) is 5.71. The Hall–Kier alpha value is -3.00. The van der Waals surface area contributed by atoms with Crippen molar-refractivity contribution in [1.82, 2.24) is 14.9 Å². The summed E-state index contributed by atoms with van der Waals surface area (Å²) in [5.41, 5.74) is 5.21. The molecule has 3 aromatic rings. The van der Waals surface area contributed by atoms with Crippen LogP contribution in [0.25, 0.3) is 0 Å². The predicted octanol–water partition coefficient (Wildman–Crippen LogP) is 3.64. The molecule has 1 amide bonds. The summed E-state index contributed by atoms with van der Waals surface area (Å²) in [4.78, 5) is 13.2. The van der Waals surface area contributed by atoms with Gasteiger partial charge >= 0.3 is 0 Å². The quantitative estimate of drug-likeness (QED) is 0.647. The highest BCUT2D eigenvalue weighted by Gasteiger charge is 2.37. The molecule has 8 heteroatoms. The number of nitrogens with one attached hydrogen (secondary N) is 2. The average Bonchev–Trinajstić information content (AvgIpc) is 3.16. The molecule has 0 fully saturated rings. The van der Waals surface area contributed by atoms with Crippen molar-refractivity contribution in [3.05, 3.63) is 66.0 Å². The maximum Gasteiger partial charge on any atom is 0.240 e. The zero-order valence-electron chi connectivity index (χ0n) is 16.3. The topological polar surface area (TPSA) is 81.1 Å². The van der Waals surface area contributed by atoms with E-state index in [0.29, 0.717) is 11.8 Å². The molecule has 0 bridgehead atoms. The van der Waals surface area contributed by atoms with Crippen LogP contribution >= 0.6 is 11.8 Å². The van der Waals surface area contributed by atoms with Crippen LogP contribution in [0.5, 0.6) is 5.75 Å². The Balaban J connectivity index is 1.65. The first-order valence-electron chi connectivity index (χ1n) is 9.65. The highest BCUT2D eigenvalue weighted by molar-refractivity contribution is 8.00. The molecular formula is C21H23N5O2S. The molecule has 0 radical (unpaired) electrons. The highest BCUT2D eigenvalue weighted by atomic mass is 32.2. The highest BCUT2D eigenvalue weighted by Crippen LogP contribution is 2.38. The minimum Gasteiger partial charge on any atom is -0.494 e. The van der Waals surface area contributed by atoms with E-state index in [9.17, 15) is 4.79 Å². The number of rotatable bonds is 6. The molecule has 2 N–H and O–H groups in total. The standard InChI is InChI=1S/C21H23N5O2S/c1-3-17-23-24-21-26(17)25-18(14-10-12-16(13-11-14)28-4-2)19(29-21)20(27)22-15-8-6-5-7-9-15/h5-13,18-19,25H,3-4H2,1-2H3,(H,22,27)/t18-,19+/m1/s1. The van der Waals surface area contributed by atoms with E-state index in [1.807, 2.05) is 73.1 Å². The number of carbonyl (C=O) groups is 1. The second-order valence-corrected chi connectivity index (χ2v) is 7.70. The van der Waals surface area contributed by atoms with Crippen molar-refractivity contribution in [2.45, 2.75) is 36.7 Å². The summed E-state index contributed by atoms with van der Waals surface area (Å²) < 4.78 is 7.44. The number of amides is 1. The number of aromatic nitrogens is 3. The van der Waals surface area contributed by atoms with Crippen molar-refractivity contribution in [3.8, 4) is 5.75 Å². The first-order chi connectivity index (χ1) is 14.2. The monoisotopic (exact) mass is 409 g/mol. The molecular weight excluding hydrogens is 386 g/mol. The lowest BCUT2D eigenvalue weighted by Crippen LogP contribution is -2.41. The van der Waals surface area contributed by atoms with Crippen LogP contribution in [0.15, 0.2) is 59.8 Å². The van der Waals surface area contributed by atoms with Gasteiger partial charge in [-0.05, 0) is 36.8 Å². The van der Waals surface area contributed by atoms with E-state index < -0.39 is 5.25 Å². The van der Waals surface area contributed by atoms with Crippen LogP contribution in [0.1, 0.15) is 31.3 Å². The third kappa shape index (κ3) is 4.07. The summed E-state index contributed by atoms with van der Waals surface area (Å²) in [6, 6.07) is 17.1. The summed E-state index contributed by atoms with van der Waals surface area (Å²) in [7, 11) is 0. The van der Waals surface area contributed by atoms with Crippen LogP contribution in [-0.2, 0) is 11.2 Å². The van der Waals surface area contributed by atoms with Crippen LogP contribution in [0.2, 0.25) is 0 Å². The number of hydrogen-bond donors (Lipinski definition) is 2. The molecule has 29 heavy (non-hydrogen) atoms.